The Kier molecular flexibility index (Phi) is 14.2. The summed E-state index contributed by atoms with van der Waals surface area (Å²) in [4.78, 5) is 5.18. The van der Waals surface area contributed by atoms with Crippen molar-refractivity contribution in [3.63, 3.8) is 0 Å². The molecule has 0 bridgehead atoms. The lowest BCUT2D eigenvalue weighted by molar-refractivity contribution is 0.451. The van der Waals surface area contributed by atoms with Crippen molar-refractivity contribution in [1.82, 2.24) is 59.8 Å². The number of benzene rings is 10. The molecule has 0 aliphatic heterocycles. The predicted octanol–water partition coefficient (Wildman–Crippen LogP) is 14.8. The number of nitrogens with zero attached hydrogens (tertiary/aromatic N) is 12. The van der Waals surface area contributed by atoms with Crippen LogP contribution in [0.3, 0.4) is 0 Å². The second-order valence-electron chi connectivity index (χ2n) is 21.7. The predicted molar refractivity (Wildman–Crippen MR) is 338 cm³/mol. The van der Waals surface area contributed by atoms with Gasteiger partial charge in [0, 0.05) is 35.2 Å². The first kappa shape index (κ1) is 53.1. The van der Waals surface area contributed by atoms with Crippen LogP contribution in [0.1, 0.15) is 74.9 Å². The third-order valence-corrected chi connectivity index (χ3v) is 16.7. The Balaban J connectivity index is 0.778. The van der Waals surface area contributed by atoms with Crippen LogP contribution in [-0.2, 0) is 30.5 Å². The smallest absolute Gasteiger partial charge is 0.184 e. The van der Waals surface area contributed by atoms with Crippen LogP contribution < -0.4 is 0 Å². The lowest BCUT2D eigenvalue weighted by Crippen LogP contribution is -2.39. The lowest BCUT2D eigenvalue weighted by Gasteiger charge is -2.36. The summed E-state index contributed by atoms with van der Waals surface area (Å²) in [5.41, 5.74) is 15.9. The molecule has 4 heterocycles. The molecular weight excluding hydrogens is 1060 g/mol. The fourth-order valence-corrected chi connectivity index (χ4v) is 12.7. The van der Waals surface area contributed by atoms with Crippen molar-refractivity contribution in [3.05, 3.63) is 341 Å². The molecule has 86 heavy (non-hydrogen) atoms. The van der Waals surface area contributed by atoms with Crippen LogP contribution in [0, 0.1) is 6.92 Å². The number of rotatable bonds is 18. The minimum absolute atomic E-state index is 0.598. The largest absolute Gasteiger partial charge is 0.263 e. The molecule has 14 aromatic rings. The summed E-state index contributed by atoms with van der Waals surface area (Å²) in [6.45, 7) is 4.96. The topological polar surface area (TPSA) is 122 Å². The maximum absolute atomic E-state index is 5.18. The summed E-state index contributed by atoms with van der Waals surface area (Å²) in [7, 11) is 0. The number of hydrogen-bond donors (Lipinski definition) is 0. The van der Waals surface area contributed by atoms with Crippen LogP contribution in [0.25, 0.3) is 50.7 Å². The highest BCUT2D eigenvalue weighted by molar-refractivity contribution is 5.82. The molecule has 0 N–H and O–H groups in total. The molecule has 416 valence electrons. The van der Waals surface area contributed by atoms with E-state index in [-0.39, 0.29) is 0 Å². The molecule has 0 aliphatic rings. The van der Waals surface area contributed by atoms with E-state index in [0.717, 1.165) is 113 Å². The summed E-state index contributed by atoms with van der Waals surface area (Å²) in [5.74, 6) is 2.15. The third-order valence-electron chi connectivity index (χ3n) is 16.7. The summed E-state index contributed by atoms with van der Waals surface area (Å²) in [6, 6.07) is 97.6. The average Bonchev–Trinajstić information content (AvgIpc) is 1.26. The monoisotopic (exact) mass is 1120 g/mol. The van der Waals surface area contributed by atoms with Gasteiger partial charge in [-0.05, 0) is 101 Å². The van der Waals surface area contributed by atoms with E-state index < -0.39 is 11.1 Å². The fourth-order valence-electron chi connectivity index (χ4n) is 12.7. The molecule has 0 atom stereocenters. The van der Waals surface area contributed by atoms with Gasteiger partial charge >= 0.3 is 0 Å². The summed E-state index contributed by atoms with van der Waals surface area (Å²) in [6.07, 6.45) is 2.42. The van der Waals surface area contributed by atoms with Crippen molar-refractivity contribution in [3.8, 4) is 45.0 Å². The zero-order chi connectivity index (χ0) is 57.9. The lowest BCUT2D eigenvalue weighted by atomic mass is 9.77. The van der Waals surface area contributed by atoms with Crippen LogP contribution in [0.15, 0.2) is 279 Å². The molecule has 12 nitrogen and oxygen atoms in total. The maximum atomic E-state index is 5.18. The van der Waals surface area contributed by atoms with Crippen LogP contribution in [0.5, 0.6) is 0 Å². The van der Waals surface area contributed by atoms with Gasteiger partial charge < -0.3 is 0 Å². The number of aromatic nitrogens is 12. The van der Waals surface area contributed by atoms with Gasteiger partial charge in [-0.25, -0.2) is 14.3 Å². The van der Waals surface area contributed by atoms with Crippen molar-refractivity contribution in [1.29, 1.82) is 0 Å². The normalized spacial score (nSPS) is 11.8. The van der Waals surface area contributed by atoms with Gasteiger partial charge in [-0.2, -0.15) is 4.63 Å². The minimum Gasteiger partial charge on any atom is -0.263 e. The van der Waals surface area contributed by atoms with E-state index in [2.05, 4.69) is 272 Å². The second-order valence-corrected chi connectivity index (χ2v) is 21.7. The van der Waals surface area contributed by atoms with E-state index in [4.69, 9.17) is 30.7 Å². The highest BCUT2D eigenvalue weighted by Crippen LogP contribution is 2.46. The molecule has 0 spiro atoms. The molecule has 0 saturated carbocycles. The third kappa shape index (κ3) is 9.28. The molecule has 12 heteroatoms. The van der Waals surface area contributed by atoms with Crippen molar-refractivity contribution >= 4 is 5.65 Å². The van der Waals surface area contributed by atoms with Gasteiger partial charge in [0.25, 0.3) is 0 Å². The van der Waals surface area contributed by atoms with Crippen LogP contribution in [-0.4, -0.2) is 59.8 Å². The fraction of sp³-hybridized carbons (Fsp3) is 0.108. The first-order valence-electron chi connectivity index (χ1n) is 29.3. The van der Waals surface area contributed by atoms with Crippen molar-refractivity contribution < 1.29 is 0 Å². The Hall–Kier alpha value is -11.0. The molecule has 10 aromatic carbocycles. The first-order chi connectivity index (χ1) is 42.5. The number of hydrogen-bond acceptors (Lipinski definition) is 8. The Labute approximate surface area is 499 Å². The number of aryl methyl sites for hydroxylation is 1. The highest BCUT2D eigenvalue weighted by Gasteiger charge is 2.44. The van der Waals surface area contributed by atoms with E-state index in [1.807, 2.05) is 50.4 Å². The summed E-state index contributed by atoms with van der Waals surface area (Å²) < 4.78 is 8.28. The van der Waals surface area contributed by atoms with Gasteiger partial charge in [0.2, 0.25) is 0 Å². The van der Waals surface area contributed by atoms with Gasteiger partial charge in [-0.3, -0.25) is 4.68 Å². The van der Waals surface area contributed by atoms with Gasteiger partial charge in [0.1, 0.15) is 11.1 Å². The molecular formula is C74H60N12. The van der Waals surface area contributed by atoms with Gasteiger partial charge in [-0.15, -0.1) is 15.3 Å². The van der Waals surface area contributed by atoms with Gasteiger partial charge in [0.15, 0.2) is 23.1 Å². The number of tetrazole rings is 2. The molecule has 4 aromatic heterocycles. The quantitative estimate of drug-likeness (QED) is 0.0779. The molecule has 14 rings (SSSR count). The Morgan fingerprint density at radius 2 is 0.733 bits per heavy atom. The molecule has 0 aliphatic carbocycles. The van der Waals surface area contributed by atoms with E-state index in [1.54, 1.807) is 0 Å². The van der Waals surface area contributed by atoms with Crippen LogP contribution >= 0.6 is 0 Å². The van der Waals surface area contributed by atoms with Crippen molar-refractivity contribution in [2.45, 2.75) is 50.7 Å². The minimum atomic E-state index is -0.890. The SMILES string of the molecule is CCCc1nc2c(Cc3ccc(-c4ccccc4-c4nnnn4C(c4ccccc4)(c4ccccc4)c4ccccc4)cc3)c(C)n(Cc3ccc(-c4ccccc4-c4nnnn4C(c4ccccc4)(c4ccccc4)c4ccccc4)cc3)n2n1. The van der Waals surface area contributed by atoms with Gasteiger partial charge in [0.05, 0.1) is 6.54 Å². The van der Waals surface area contributed by atoms with Crippen LogP contribution in [0.4, 0.5) is 0 Å². The van der Waals surface area contributed by atoms with Crippen LogP contribution in [0.2, 0.25) is 0 Å². The summed E-state index contributed by atoms with van der Waals surface area (Å²) >= 11 is 0. The van der Waals surface area contributed by atoms with E-state index >= 15 is 0 Å². The highest BCUT2D eigenvalue weighted by atomic mass is 15.6. The van der Waals surface area contributed by atoms with Crippen molar-refractivity contribution in [2.24, 2.45) is 0 Å². The molecule has 0 saturated heterocycles. The zero-order valence-corrected chi connectivity index (χ0v) is 47.8. The molecule has 0 radical (unpaired) electrons. The Morgan fingerprint density at radius 3 is 1.10 bits per heavy atom. The summed E-state index contributed by atoms with van der Waals surface area (Å²) in [5, 5.41) is 33.3. The Morgan fingerprint density at radius 1 is 0.384 bits per heavy atom. The Bertz CT molecular complexity index is 4090. The molecule has 0 amide bonds. The van der Waals surface area contributed by atoms with E-state index in [0.29, 0.717) is 24.6 Å². The molecule has 0 unspecified atom stereocenters. The standard InChI is InChI=1S/C74H60N12/c1-3-26-69-75-70-68(51-54-43-47-56(48-44-54)64-39-22-24-41-66(64)71-76-79-81-84(71)73(58-27-10-4-11-28-58,59-29-12-5-13-30-59)60-31-14-6-15-32-60)53(2)83(86(70)78-69)52-55-45-49-57(50-46-55)65-40-23-25-42-67(65)72-77-80-82-85(72)74(61-33-16-7-17-34-61,62-35-18-8-19-36-62)63-37-20-9-21-38-63/h4-25,27-50H,3,26,51-52H2,1-2H3. The van der Waals surface area contributed by atoms with Gasteiger partial charge in [-0.1, -0.05) is 286 Å². The molecule has 0 fully saturated rings. The average molecular weight is 1120 g/mol. The number of fused-ring (bicyclic) bond motifs is 1. The van der Waals surface area contributed by atoms with E-state index in [1.165, 1.54) is 0 Å². The zero-order valence-electron chi connectivity index (χ0n) is 47.8. The first-order valence-corrected chi connectivity index (χ1v) is 29.3. The van der Waals surface area contributed by atoms with E-state index in [9.17, 15) is 0 Å². The van der Waals surface area contributed by atoms with Crippen molar-refractivity contribution in [2.75, 3.05) is 0 Å². The maximum Gasteiger partial charge on any atom is 0.184 e. The second kappa shape index (κ2) is 23.0.